The molecule has 0 bridgehead atoms. The molecule has 1 aliphatic heterocycles. The standard InChI is InChI=1S/C17H13F2N3/c18-12-7-5-11(6-8-12)16-13-9-10-20-17(13)22(21-16)15-4-2-1-3-14(15)19/h1-8,20H,9-10H2. The SMILES string of the molecule is Fc1ccc(-c2nn(-c3ccccc3F)c3c2CCN3)cc1. The second-order valence-electron chi connectivity index (χ2n) is 5.22. The number of fused-ring (bicyclic) bond motifs is 1. The van der Waals surface area contributed by atoms with Crippen LogP contribution in [0.1, 0.15) is 5.56 Å². The Kier molecular flexibility index (Phi) is 2.92. The second-order valence-corrected chi connectivity index (χ2v) is 5.22. The average Bonchev–Trinajstić information content (AvgIpc) is 3.11. The molecule has 0 amide bonds. The third-order valence-electron chi connectivity index (χ3n) is 3.85. The van der Waals surface area contributed by atoms with Crippen LogP contribution in [0, 0.1) is 11.6 Å². The highest BCUT2D eigenvalue weighted by Crippen LogP contribution is 2.34. The Labute approximate surface area is 126 Å². The summed E-state index contributed by atoms with van der Waals surface area (Å²) in [4.78, 5) is 0. The lowest BCUT2D eigenvalue weighted by molar-refractivity contribution is 0.612. The largest absolute Gasteiger partial charge is 0.369 e. The van der Waals surface area contributed by atoms with Crippen LogP contribution >= 0.6 is 0 Å². The third-order valence-corrected chi connectivity index (χ3v) is 3.85. The summed E-state index contributed by atoms with van der Waals surface area (Å²) in [7, 11) is 0. The number of halogens is 2. The van der Waals surface area contributed by atoms with Gasteiger partial charge in [-0.05, 0) is 42.8 Å². The molecule has 5 heteroatoms. The molecular weight excluding hydrogens is 284 g/mol. The van der Waals surface area contributed by atoms with Gasteiger partial charge in [0.15, 0.2) is 0 Å². The van der Waals surface area contributed by atoms with Gasteiger partial charge in [0.05, 0.1) is 5.69 Å². The molecule has 1 N–H and O–H groups in total. The maximum absolute atomic E-state index is 14.1. The smallest absolute Gasteiger partial charge is 0.148 e. The van der Waals surface area contributed by atoms with Crippen LogP contribution in [0.5, 0.6) is 0 Å². The van der Waals surface area contributed by atoms with Crippen molar-refractivity contribution < 1.29 is 8.78 Å². The molecule has 110 valence electrons. The third kappa shape index (κ3) is 1.97. The number of hydrogen-bond donors (Lipinski definition) is 1. The lowest BCUT2D eigenvalue weighted by Crippen LogP contribution is -2.05. The second kappa shape index (κ2) is 4.94. The number of rotatable bonds is 2. The first-order valence-electron chi connectivity index (χ1n) is 7.10. The molecule has 2 aromatic carbocycles. The average molecular weight is 297 g/mol. The molecule has 1 aliphatic rings. The minimum Gasteiger partial charge on any atom is -0.369 e. The Balaban J connectivity index is 1.90. The number of nitrogens with one attached hydrogen (secondary N) is 1. The summed E-state index contributed by atoms with van der Waals surface area (Å²) in [6.07, 6.45) is 0.816. The first-order valence-corrected chi connectivity index (χ1v) is 7.10. The topological polar surface area (TPSA) is 29.9 Å². The molecule has 4 rings (SSSR count). The van der Waals surface area contributed by atoms with Crippen LogP contribution < -0.4 is 5.32 Å². The highest BCUT2D eigenvalue weighted by Gasteiger charge is 2.24. The predicted molar refractivity (Wildman–Crippen MR) is 81.1 cm³/mol. The number of nitrogens with zero attached hydrogens (tertiary/aromatic N) is 2. The van der Waals surface area contributed by atoms with Gasteiger partial charge in [-0.1, -0.05) is 12.1 Å². The van der Waals surface area contributed by atoms with E-state index in [1.54, 1.807) is 35.0 Å². The van der Waals surface area contributed by atoms with Crippen molar-refractivity contribution in [3.8, 4) is 16.9 Å². The molecule has 0 spiro atoms. The van der Waals surface area contributed by atoms with Crippen LogP contribution in [-0.2, 0) is 6.42 Å². The van der Waals surface area contributed by atoms with E-state index in [9.17, 15) is 8.78 Å². The molecule has 1 aromatic heterocycles. The molecule has 0 saturated heterocycles. The van der Waals surface area contributed by atoms with Gasteiger partial charge in [0.2, 0.25) is 0 Å². The minimum absolute atomic E-state index is 0.285. The zero-order chi connectivity index (χ0) is 15.1. The molecule has 3 nitrogen and oxygen atoms in total. The Morgan fingerprint density at radius 3 is 2.55 bits per heavy atom. The van der Waals surface area contributed by atoms with Gasteiger partial charge in [0.1, 0.15) is 23.1 Å². The molecule has 3 aromatic rings. The van der Waals surface area contributed by atoms with Crippen LogP contribution in [0.25, 0.3) is 16.9 Å². The van der Waals surface area contributed by atoms with Gasteiger partial charge in [0, 0.05) is 17.7 Å². The van der Waals surface area contributed by atoms with E-state index >= 15 is 0 Å². The lowest BCUT2D eigenvalue weighted by atomic mass is 10.1. The van der Waals surface area contributed by atoms with E-state index in [0.29, 0.717) is 5.69 Å². The van der Waals surface area contributed by atoms with Crippen LogP contribution in [0.15, 0.2) is 48.5 Å². The van der Waals surface area contributed by atoms with Crippen molar-refractivity contribution >= 4 is 5.82 Å². The van der Waals surface area contributed by atoms with Crippen molar-refractivity contribution in [2.45, 2.75) is 6.42 Å². The first-order chi connectivity index (χ1) is 10.7. The molecule has 0 fully saturated rings. The van der Waals surface area contributed by atoms with Crippen molar-refractivity contribution in [2.24, 2.45) is 0 Å². The van der Waals surface area contributed by atoms with E-state index in [2.05, 4.69) is 10.4 Å². The van der Waals surface area contributed by atoms with E-state index in [-0.39, 0.29) is 11.6 Å². The first kappa shape index (κ1) is 13.0. The Morgan fingerprint density at radius 2 is 1.77 bits per heavy atom. The molecule has 0 radical (unpaired) electrons. The molecule has 22 heavy (non-hydrogen) atoms. The zero-order valence-corrected chi connectivity index (χ0v) is 11.7. The van der Waals surface area contributed by atoms with Gasteiger partial charge in [-0.25, -0.2) is 13.5 Å². The minimum atomic E-state index is -0.327. The maximum Gasteiger partial charge on any atom is 0.148 e. The number of aromatic nitrogens is 2. The summed E-state index contributed by atoms with van der Waals surface area (Å²) in [5.74, 6) is 0.198. The zero-order valence-electron chi connectivity index (χ0n) is 11.7. The summed E-state index contributed by atoms with van der Waals surface area (Å²) in [5, 5.41) is 7.81. The highest BCUT2D eigenvalue weighted by molar-refractivity contribution is 5.72. The fourth-order valence-electron chi connectivity index (χ4n) is 2.81. The number of hydrogen-bond acceptors (Lipinski definition) is 2. The van der Waals surface area contributed by atoms with E-state index in [1.807, 2.05) is 0 Å². The van der Waals surface area contributed by atoms with Gasteiger partial charge < -0.3 is 5.32 Å². The maximum atomic E-state index is 14.1. The van der Waals surface area contributed by atoms with Gasteiger partial charge in [0.25, 0.3) is 0 Å². The van der Waals surface area contributed by atoms with Gasteiger partial charge in [-0.2, -0.15) is 5.10 Å². The molecule has 0 unspecified atom stereocenters. The fraction of sp³-hybridized carbons (Fsp3) is 0.118. The summed E-state index contributed by atoms with van der Waals surface area (Å²) in [5.41, 5.74) is 3.04. The monoisotopic (exact) mass is 297 g/mol. The van der Waals surface area contributed by atoms with Crippen molar-refractivity contribution in [3.05, 3.63) is 65.7 Å². The van der Waals surface area contributed by atoms with Crippen LogP contribution in [0.4, 0.5) is 14.6 Å². The summed E-state index contributed by atoms with van der Waals surface area (Å²) < 4.78 is 28.8. The Bertz CT molecular complexity index is 838. The molecule has 0 aliphatic carbocycles. The quantitative estimate of drug-likeness (QED) is 0.780. The molecule has 2 heterocycles. The van der Waals surface area contributed by atoms with Crippen LogP contribution in [-0.4, -0.2) is 16.3 Å². The molecule has 0 atom stereocenters. The fourth-order valence-corrected chi connectivity index (χ4v) is 2.81. The van der Waals surface area contributed by atoms with Crippen molar-refractivity contribution in [1.29, 1.82) is 0 Å². The summed E-state index contributed by atoms with van der Waals surface area (Å²) in [6.45, 7) is 0.788. The number of anilines is 1. The summed E-state index contributed by atoms with van der Waals surface area (Å²) >= 11 is 0. The normalized spacial score (nSPS) is 13.0. The van der Waals surface area contributed by atoms with E-state index in [4.69, 9.17) is 0 Å². The van der Waals surface area contributed by atoms with Crippen molar-refractivity contribution in [2.75, 3.05) is 11.9 Å². The van der Waals surface area contributed by atoms with Crippen LogP contribution in [0.3, 0.4) is 0 Å². The van der Waals surface area contributed by atoms with E-state index in [1.165, 1.54) is 18.2 Å². The number of benzene rings is 2. The van der Waals surface area contributed by atoms with E-state index < -0.39 is 0 Å². The molecular formula is C17H13F2N3. The van der Waals surface area contributed by atoms with Crippen molar-refractivity contribution in [3.63, 3.8) is 0 Å². The predicted octanol–water partition coefficient (Wildman–Crippen LogP) is 3.79. The van der Waals surface area contributed by atoms with Gasteiger partial charge in [-0.15, -0.1) is 0 Å². The number of para-hydroxylation sites is 1. The van der Waals surface area contributed by atoms with Crippen molar-refractivity contribution in [1.82, 2.24) is 9.78 Å². The van der Waals surface area contributed by atoms with E-state index in [0.717, 1.165) is 35.6 Å². The summed E-state index contributed by atoms with van der Waals surface area (Å²) in [6, 6.07) is 12.7. The van der Waals surface area contributed by atoms with Gasteiger partial charge >= 0.3 is 0 Å². The van der Waals surface area contributed by atoms with Gasteiger partial charge in [-0.3, -0.25) is 0 Å². The molecule has 0 saturated carbocycles. The lowest BCUT2D eigenvalue weighted by Gasteiger charge is -2.07. The van der Waals surface area contributed by atoms with Crippen LogP contribution in [0.2, 0.25) is 0 Å². The highest BCUT2D eigenvalue weighted by atomic mass is 19.1. The Morgan fingerprint density at radius 1 is 1.00 bits per heavy atom. The Hall–Kier alpha value is -2.69.